The first-order valence-corrected chi connectivity index (χ1v) is 8.50. The van der Waals surface area contributed by atoms with Gasteiger partial charge in [-0.3, -0.25) is 4.90 Å². The molecule has 4 unspecified atom stereocenters. The summed E-state index contributed by atoms with van der Waals surface area (Å²) in [7, 11) is 0. The van der Waals surface area contributed by atoms with Crippen LogP contribution in [0.2, 0.25) is 0 Å². The maximum absolute atomic E-state index is 3.79. The van der Waals surface area contributed by atoms with Crippen molar-refractivity contribution in [1.29, 1.82) is 0 Å². The molecule has 1 saturated carbocycles. The molecule has 3 fully saturated rings. The molecule has 4 atom stereocenters. The smallest absolute Gasteiger partial charge is 0.0129 e. The van der Waals surface area contributed by atoms with Gasteiger partial charge in [-0.15, -0.1) is 0 Å². The number of rotatable bonds is 3. The average Bonchev–Trinajstić information content (AvgIpc) is 2.80. The molecule has 0 amide bonds. The van der Waals surface area contributed by atoms with E-state index in [1.54, 1.807) is 0 Å². The van der Waals surface area contributed by atoms with E-state index in [1.807, 2.05) is 0 Å². The molecule has 2 nitrogen and oxygen atoms in total. The summed E-state index contributed by atoms with van der Waals surface area (Å²) < 4.78 is 0. The van der Waals surface area contributed by atoms with Crippen LogP contribution in [0, 0.1) is 11.3 Å². The fourth-order valence-corrected chi connectivity index (χ4v) is 5.36. The maximum Gasteiger partial charge on any atom is 0.0129 e. The lowest BCUT2D eigenvalue weighted by molar-refractivity contribution is 0.0801. The van der Waals surface area contributed by atoms with Gasteiger partial charge >= 0.3 is 0 Å². The highest BCUT2D eigenvalue weighted by molar-refractivity contribution is 5.00. The number of nitrogens with zero attached hydrogens (tertiary/aromatic N) is 1. The molecule has 2 aliphatic heterocycles. The third-order valence-corrected chi connectivity index (χ3v) is 6.00. The van der Waals surface area contributed by atoms with Crippen molar-refractivity contribution in [2.75, 3.05) is 6.54 Å². The van der Waals surface area contributed by atoms with Crippen LogP contribution in [0.3, 0.4) is 0 Å². The molecule has 1 aliphatic carbocycles. The highest BCUT2D eigenvalue weighted by Gasteiger charge is 2.43. The van der Waals surface area contributed by atoms with Gasteiger partial charge in [0.15, 0.2) is 0 Å². The summed E-state index contributed by atoms with van der Waals surface area (Å²) >= 11 is 0. The van der Waals surface area contributed by atoms with Crippen LogP contribution in [0.4, 0.5) is 0 Å². The Morgan fingerprint density at radius 1 is 1.11 bits per heavy atom. The van der Waals surface area contributed by atoms with Gasteiger partial charge in [-0.25, -0.2) is 0 Å². The lowest BCUT2D eigenvalue weighted by Crippen LogP contribution is -2.52. The number of hydrogen-bond donors (Lipinski definition) is 1. The zero-order chi connectivity index (χ0) is 13.6. The largest absolute Gasteiger partial charge is 0.311 e. The Balaban J connectivity index is 1.70. The lowest BCUT2D eigenvalue weighted by Gasteiger charge is -2.42. The van der Waals surface area contributed by atoms with Crippen LogP contribution in [0.1, 0.15) is 66.2 Å². The second-order valence-electron chi connectivity index (χ2n) is 8.21. The van der Waals surface area contributed by atoms with Crippen molar-refractivity contribution in [1.82, 2.24) is 10.2 Å². The summed E-state index contributed by atoms with van der Waals surface area (Å²) in [4.78, 5) is 2.88. The fourth-order valence-electron chi connectivity index (χ4n) is 5.36. The van der Waals surface area contributed by atoms with Gasteiger partial charge in [0, 0.05) is 24.2 Å². The van der Waals surface area contributed by atoms with Crippen molar-refractivity contribution >= 4 is 0 Å². The van der Waals surface area contributed by atoms with Crippen molar-refractivity contribution < 1.29 is 0 Å². The third-order valence-electron chi connectivity index (χ3n) is 6.00. The molecular formula is C17H32N2. The van der Waals surface area contributed by atoms with E-state index < -0.39 is 0 Å². The predicted molar refractivity (Wildman–Crippen MR) is 81.3 cm³/mol. The number of nitrogens with one attached hydrogen (secondary N) is 1. The van der Waals surface area contributed by atoms with E-state index in [0.717, 1.165) is 30.1 Å². The van der Waals surface area contributed by atoms with Gasteiger partial charge in [0.1, 0.15) is 0 Å². The van der Waals surface area contributed by atoms with Crippen molar-refractivity contribution in [2.24, 2.45) is 11.3 Å². The molecule has 0 aromatic heterocycles. The molecule has 0 aromatic rings. The number of hydrogen-bond acceptors (Lipinski definition) is 2. The van der Waals surface area contributed by atoms with Gasteiger partial charge in [-0.05, 0) is 56.4 Å². The standard InChI is InChI=1S/C17H32N2/c1-5-19(16-11-17(3,4)10-12(16)2)15-8-13-6-7-14(9-15)18-13/h12-16,18H,5-11H2,1-4H3. The van der Waals surface area contributed by atoms with Gasteiger partial charge in [0.05, 0.1) is 0 Å². The Kier molecular flexibility index (Phi) is 3.68. The van der Waals surface area contributed by atoms with Crippen LogP contribution in [-0.4, -0.2) is 35.6 Å². The first-order valence-electron chi connectivity index (χ1n) is 8.50. The summed E-state index contributed by atoms with van der Waals surface area (Å²) in [6.07, 6.45) is 8.45. The Morgan fingerprint density at radius 2 is 1.74 bits per heavy atom. The predicted octanol–water partition coefficient (Wildman–Crippen LogP) is 3.42. The Morgan fingerprint density at radius 3 is 2.21 bits per heavy atom. The van der Waals surface area contributed by atoms with Crippen LogP contribution in [0.25, 0.3) is 0 Å². The van der Waals surface area contributed by atoms with Crippen molar-refractivity contribution in [2.45, 2.75) is 90.4 Å². The summed E-state index contributed by atoms with van der Waals surface area (Å²) in [5.41, 5.74) is 0.559. The van der Waals surface area contributed by atoms with Gasteiger partial charge in [-0.2, -0.15) is 0 Å². The van der Waals surface area contributed by atoms with Crippen LogP contribution in [-0.2, 0) is 0 Å². The summed E-state index contributed by atoms with van der Waals surface area (Å²) in [5, 5.41) is 3.79. The summed E-state index contributed by atoms with van der Waals surface area (Å²) in [6, 6.07) is 3.33. The normalized spacial score (nSPS) is 45.0. The monoisotopic (exact) mass is 264 g/mol. The maximum atomic E-state index is 3.79. The Hall–Kier alpha value is -0.0800. The second kappa shape index (κ2) is 5.04. The van der Waals surface area contributed by atoms with Crippen molar-refractivity contribution in [3.8, 4) is 0 Å². The van der Waals surface area contributed by atoms with E-state index in [-0.39, 0.29) is 0 Å². The molecule has 0 radical (unpaired) electrons. The van der Waals surface area contributed by atoms with Crippen LogP contribution < -0.4 is 5.32 Å². The average molecular weight is 264 g/mol. The number of fused-ring (bicyclic) bond motifs is 2. The van der Waals surface area contributed by atoms with Gasteiger partial charge in [0.25, 0.3) is 0 Å². The van der Waals surface area contributed by atoms with E-state index >= 15 is 0 Å². The van der Waals surface area contributed by atoms with Crippen LogP contribution in [0.5, 0.6) is 0 Å². The van der Waals surface area contributed by atoms with Gasteiger partial charge < -0.3 is 5.32 Å². The minimum atomic E-state index is 0.559. The molecule has 1 N–H and O–H groups in total. The van der Waals surface area contributed by atoms with Crippen molar-refractivity contribution in [3.05, 3.63) is 0 Å². The van der Waals surface area contributed by atoms with E-state index in [1.165, 1.54) is 45.1 Å². The first-order chi connectivity index (χ1) is 8.98. The highest BCUT2D eigenvalue weighted by Crippen LogP contribution is 2.45. The quantitative estimate of drug-likeness (QED) is 0.840. The molecule has 19 heavy (non-hydrogen) atoms. The lowest BCUT2D eigenvalue weighted by atomic mass is 9.90. The second-order valence-corrected chi connectivity index (χ2v) is 8.21. The van der Waals surface area contributed by atoms with Gasteiger partial charge in [-0.1, -0.05) is 27.7 Å². The highest BCUT2D eigenvalue weighted by atomic mass is 15.2. The zero-order valence-electron chi connectivity index (χ0n) is 13.3. The van der Waals surface area contributed by atoms with E-state index in [2.05, 4.69) is 37.9 Å². The first kappa shape index (κ1) is 13.9. The summed E-state index contributed by atoms with van der Waals surface area (Å²) in [6.45, 7) is 11.0. The minimum absolute atomic E-state index is 0.559. The van der Waals surface area contributed by atoms with E-state index in [9.17, 15) is 0 Å². The fraction of sp³-hybridized carbons (Fsp3) is 1.00. The van der Waals surface area contributed by atoms with E-state index in [4.69, 9.17) is 0 Å². The topological polar surface area (TPSA) is 15.3 Å². The molecule has 0 aromatic carbocycles. The summed E-state index contributed by atoms with van der Waals surface area (Å²) in [5.74, 6) is 0.877. The van der Waals surface area contributed by atoms with Crippen molar-refractivity contribution in [3.63, 3.8) is 0 Å². The number of piperidine rings is 1. The van der Waals surface area contributed by atoms with Crippen LogP contribution in [0.15, 0.2) is 0 Å². The van der Waals surface area contributed by atoms with E-state index in [0.29, 0.717) is 5.41 Å². The van der Waals surface area contributed by atoms with Gasteiger partial charge in [0.2, 0.25) is 0 Å². The minimum Gasteiger partial charge on any atom is -0.311 e. The molecule has 2 heteroatoms. The molecule has 3 aliphatic rings. The Labute approximate surface area is 119 Å². The van der Waals surface area contributed by atoms with Crippen LogP contribution >= 0.6 is 0 Å². The molecular weight excluding hydrogens is 232 g/mol. The third kappa shape index (κ3) is 2.71. The molecule has 2 saturated heterocycles. The molecule has 110 valence electrons. The molecule has 3 rings (SSSR count). The Bertz CT molecular complexity index is 313. The molecule has 2 heterocycles. The zero-order valence-corrected chi connectivity index (χ0v) is 13.3. The molecule has 0 spiro atoms. The molecule has 2 bridgehead atoms. The SMILES string of the molecule is CCN(C1CC2CCC(C1)N2)C1CC(C)(C)CC1C.